The van der Waals surface area contributed by atoms with Gasteiger partial charge in [-0.2, -0.15) is 0 Å². The van der Waals surface area contributed by atoms with Crippen LogP contribution in [-0.4, -0.2) is 37.2 Å². The summed E-state index contributed by atoms with van der Waals surface area (Å²) in [4.78, 5) is 13.6. The minimum Gasteiger partial charge on any atom is -0.494 e. The number of carbonyl (C=O) groups excluding carboxylic acids is 1. The Labute approximate surface area is 125 Å². The van der Waals surface area contributed by atoms with Gasteiger partial charge in [-0.25, -0.2) is 4.39 Å². The van der Waals surface area contributed by atoms with Crippen molar-refractivity contribution in [1.29, 1.82) is 0 Å². The maximum atomic E-state index is 13.6. The van der Waals surface area contributed by atoms with Crippen LogP contribution in [0.3, 0.4) is 0 Å². The number of ether oxygens (including phenoxy) is 2. The number of benzene rings is 1. The summed E-state index contributed by atoms with van der Waals surface area (Å²) < 4.78 is 23.7. The van der Waals surface area contributed by atoms with Crippen molar-refractivity contribution < 1.29 is 18.7 Å². The Kier molecular flexibility index (Phi) is 6.15. The van der Waals surface area contributed by atoms with Crippen molar-refractivity contribution in [2.45, 2.75) is 39.3 Å². The summed E-state index contributed by atoms with van der Waals surface area (Å²) in [6, 6.07) is 4.86. The van der Waals surface area contributed by atoms with Gasteiger partial charge in [0.1, 0.15) is 5.60 Å². The topological polar surface area (TPSA) is 38.8 Å². The Morgan fingerprint density at radius 1 is 1.33 bits per heavy atom. The van der Waals surface area contributed by atoms with Crippen LogP contribution in [0.15, 0.2) is 18.2 Å². The van der Waals surface area contributed by atoms with E-state index in [1.54, 1.807) is 6.07 Å². The second-order valence-corrected chi connectivity index (χ2v) is 6.04. The predicted octanol–water partition coefficient (Wildman–Crippen LogP) is 3.00. The fraction of sp³-hybridized carbons (Fsp3) is 0.562. The molecule has 4 nitrogen and oxygen atoms in total. The fourth-order valence-corrected chi connectivity index (χ4v) is 1.87. The minimum atomic E-state index is -0.464. The maximum absolute atomic E-state index is 13.6. The number of esters is 1. The molecular weight excluding hydrogens is 273 g/mol. The SMILES string of the molecule is COc1ccc(CN(C)CCC(=O)OC(C)(C)C)cc1F. The lowest BCUT2D eigenvalue weighted by Crippen LogP contribution is -2.27. The van der Waals surface area contributed by atoms with Crippen LogP contribution in [0.25, 0.3) is 0 Å². The number of nitrogens with zero attached hydrogens (tertiary/aromatic N) is 1. The van der Waals surface area contributed by atoms with Crippen LogP contribution in [0.2, 0.25) is 0 Å². The minimum absolute atomic E-state index is 0.227. The molecule has 0 unspecified atom stereocenters. The average Bonchev–Trinajstić information content (AvgIpc) is 2.34. The van der Waals surface area contributed by atoms with Gasteiger partial charge in [0.15, 0.2) is 11.6 Å². The molecule has 0 amide bonds. The zero-order chi connectivity index (χ0) is 16.0. The van der Waals surface area contributed by atoms with Crippen molar-refractivity contribution in [3.63, 3.8) is 0 Å². The van der Waals surface area contributed by atoms with Gasteiger partial charge < -0.3 is 14.4 Å². The molecule has 0 saturated heterocycles. The Balaban J connectivity index is 2.45. The molecular formula is C16H24FNO3. The van der Waals surface area contributed by atoms with Crippen molar-refractivity contribution in [3.05, 3.63) is 29.6 Å². The van der Waals surface area contributed by atoms with E-state index in [1.165, 1.54) is 13.2 Å². The lowest BCUT2D eigenvalue weighted by atomic mass is 10.2. The summed E-state index contributed by atoms with van der Waals surface area (Å²) in [5, 5.41) is 0. The zero-order valence-electron chi connectivity index (χ0n) is 13.4. The first-order valence-electron chi connectivity index (χ1n) is 6.94. The monoisotopic (exact) mass is 297 g/mol. The highest BCUT2D eigenvalue weighted by Gasteiger charge is 2.16. The molecule has 0 fully saturated rings. The Bertz CT molecular complexity index is 483. The van der Waals surface area contributed by atoms with Crippen molar-refractivity contribution in [3.8, 4) is 5.75 Å². The number of halogens is 1. The van der Waals surface area contributed by atoms with Crippen LogP contribution < -0.4 is 4.74 Å². The first-order chi connectivity index (χ1) is 9.71. The molecule has 0 aromatic heterocycles. The summed E-state index contributed by atoms with van der Waals surface area (Å²) in [6.07, 6.45) is 0.312. The maximum Gasteiger partial charge on any atom is 0.307 e. The third-order valence-corrected chi connectivity index (χ3v) is 2.79. The number of hydrogen-bond acceptors (Lipinski definition) is 4. The molecule has 0 N–H and O–H groups in total. The number of hydrogen-bond donors (Lipinski definition) is 0. The Morgan fingerprint density at radius 2 is 2.00 bits per heavy atom. The molecule has 0 aliphatic rings. The van der Waals surface area contributed by atoms with Crippen LogP contribution in [0, 0.1) is 5.82 Å². The van der Waals surface area contributed by atoms with Crippen LogP contribution in [0.5, 0.6) is 5.75 Å². The second-order valence-electron chi connectivity index (χ2n) is 6.04. The fourth-order valence-electron chi connectivity index (χ4n) is 1.87. The summed E-state index contributed by atoms with van der Waals surface area (Å²) in [6.45, 7) is 6.64. The van der Waals surface area contributed by atoms with Gasteiger partial charge in [-0.05, 0) is 45.5 Å². The molecule has 0 radical (unpaired) electrons. The quantitative estimate of drug-likeness (QED) is 0.757. The molecule has 118 valence electrons. The highest BCUT2D eigenvalue weighted by Crippen LogP contribution is 2.18. The lowest BCUT2D eigenvalue weighted by Gasteiger charge is -2.21. The van der Waals surface area contributed by atoms with Crippen molar-refractivity contribution in [2.24, 2.45) is 0 Å². The van der Waals surface area contributed by atoms with E-state index < -0.39 is 5.60 Å². The first-order valence-corrected chi connectivity index (χ1v) is 6.94. The highest BCUT2D eigenvalue weighted by molar-refractivity contribution is 5.70. The standard InChI is InChI=1S/C16H24FNO3/c1-16(2,3)21-15(19)8-9-18(4)11-12-6-7-14(20-5)13(17)10-12/h6-7,10H,8-9,11H2,1-5H3. The third-order valence-electron chi connectivity index (χ3n) is 2.79. The lowest BCUT2D eigenvalue weighted by molar-refractivity contribution is -0.155. The molecule has 1 rings (SSSR count). The molecule has 0 heterocycles. The van der Waals surface area contributed by atoms with E-state index in [0.717, 1.165) is 5.56 Å². The van der Waals surface area contributed by atoms with Crippen LogP contribution >= 0.6 is 0 Å². The highest BCUT2D eigenvalue weighted by atomic mass is 19.1. The number of carbonyl (C=O) groups is 1. The molecule has 1 aromatic carbocycles. The van der Waals surface area contributed by atoms with E-state index in [0.29, 0.717) is 19.5 Å². The molecule has 0 bridgehead atoms. The smallest absolute Gasteiger partial charge is 0.307 e. The average molecular weight is 297 g/mol. The van der Waals surface area contributed by atoms with Gasteiger partial charge in [-0.3, -0.25) is 4.79 Å². The first kappa shape index (κ1) is 17.4. The molecule has 0 aliphatic carbocycles. The molecule has 0 aliphatic heterocycles. The van der Waals surface area contributed by atoms with E-state index in [2.05, 4.69) is 0 Å². The van der Waals surface area contributed by atoms with Gasteiger partial charge in [0.05, 0.1) is 13.5 Å². The molecule has 0 saturated carbocycles. The van der Waals surface area contributed by atoms with Gasteiger partial charge in [0.25, 0.3) is 0 Å². The summed E-state index contributed by atoms with van der Waals surface area (Å²) in [5.74, 6) is -0.374. The molecule has 5 heteroatoms. The van der Waals surface area contributed by atoms with Crippen molar-refractivity contribution >= 4 is 5.97 Å². The van der Waals surface area contributed by atoms with Gasteiger partial charge in [-0.15, -0.1) is 0 Å². The zero-order valence-corrected chi connectivity index (χ0v) is 13.4. The molecule has 1 aromatic rings. The van der Waals surface area contributed by atoms with Crippen LogP contribution in [0.1, 0.15) is 32.8 Å². The van der Waals surface area contributed by atoms with E-state index in [9.17, 15) is 9.18 Å². The summed E-state index contributed by atoms with van der Waals surface area (Å²) in [7, 11) is 3.32. The summed E-state index contributed by atoms with van der Waals surface area (Å²) in [5.41, 5.74) is 0.370. The van der Waals surface area contributed by atoms with E-state index >= 15 is 0 Å². The number of rotatable bonds is 6. The Morgan fingerprint density at radius 3 is 2.52 bits per heavy atom. The van der Waals surface area contributed by atoms with Gasteiger partial charge in [-0.1, -0.05) is 6.07 Å². The van der Waals surface area contributed by atoms with Crippen LogP contribution in [0.4, 0.5) is 4.39 Å². The van der Waals surface area contributed by atoms with Crippen molar-refractivity contribution in [1.82, 2.24) is 4.90 Å². The predicted molar refractivity (Wildman–Crippen MR) is 79.7 cm³/mol. The molecule has 0 atom stereocenters. The van der Waals surface area contributed by atoms with E-state index in [1.807, 2.05) is 38.8 Å². The van der Waals surface area contributed by atoms with E-state index in [4.69, 9.17) is 9.47 Å². The second kappa shape index (κ2) is 7.41. The van der Waals surface area contributed by atoms with Gasteiger partial charge >= 0.3 is 5.97 Å². The normalized spacial score (nSPS) is 11.6. The van der Waals surface area contributed by atoms with Crippen molar-refractivity contribution in [2.75, 3.05) is 20.7 Å². The molecule has 0 spiro atoms. The Hall–Kier alpha value is -1.62. The van der Waals surface area contributed by atoms with E-state index in [-0.39, 0.29) is 17.5 Å². The van der Waals surface area contributed by atoms with Crippen LogP contribution in [-0.2, 0) is 16.1 Å². The summed E-state index contributed by atoms with van der Waals surface area (Å²) >= 11 is 0. The molecule has 21 heavy (non-hydrogen) atoms. The number of methoxy groups -OCH3 is 1. The third kappa shape index (κ3) is 6.58. The van der Waals surface area contributed by atoms with Gasteiger partial charge in [0.2, 0.25) is 0 Å². The van der Waals surface area contributed by atoms with Gasteiger partial charge in [0, 0.05) is 13.1 Å². The largest absolute Gasteiger partial charge is 0.494 e.